The number of hydrogen-bond donors (Lipinski definition) is 1. The van der Waals surface area contributed by atoms with Crippen molar-refractivity contribution < 1.29 is 14.3 Å². The highest BCUT2D eigenvalue weighted by atomic mass is 32.2. The summed E-state index contributed by atoms with van der Waals surface area (Å²) in [7, 11) is 0. The zero-order chi connectivity index (χ0) is 17.5. The van der Waals surface area contributed by atoms with Crippen molar-refractivity contribution in [2.24, 2.45) is 5.92 Å². The van der Waals surface area contributed by atoms with E-state index in [0.29, 0.717) is 5.75 Å². The maximum absolute atomic E-state index is 13.5. The third kappa shape index (κ3) is 1.54. The molecule has 4 aliphatic rings. The summed E-state index contributed by atoms with van der Waals surface area (Å²) in [5.41, 5.74) is 1.95. The molecule has 2 saturated heterocycles. The smallest absolute Gasteiger partial charge is 0.316 e. The summed E-state index contributed by atoms with van der Waals surface area (Å²) in [6.07, 6.45) is 0. The van der Waals surface area contributed by atoms with Gasteiger partial charge in [-0.1, -0.05) is 36.4 Å². The second kappa shape index (κ2) is 4.90. The van der Waals surface area contributed by atoms with Crippen molar-refractivity contribution in [3.63, 3.8) is 0 Å². The Labute approximate surface area is 154 Å². The van der Waals surface area contributed by atoms with Gasteiger partial charge in [-0.15, -0.1) is 11.8 Å². The summed E-state index contributed by atoms with van der Waals surface area (Å²) in [4.78, 5) is 28.7. The molecule has 2 aromatic carbocycles. The van der Waals surface area contributed by atoms with Crippen molar-refractivity contribution in [1.29, 1.82) is 0 Å². The third-order valence-corrected chi connectivity index (χ3v) is 7.30. The Morgan fingerprint density at radius 3 is 2.85 bits per heavy atom. The SMILES string of the molecule is O=C1Oc2ccccc2[C@H]2[C@@H]1[C@@H]1CSCN1[C@@]21C(=O)Nc2ccccc21. The molecule has 0 unspecified atom stereocenters. The van der Waals surface area contributed by atoms with Crippen molar-refractivity contribution in [3.8, 4) is 5.75 Å². The summed E-state index contributed by atoms with van der Waals surface area (Å²) in [5, 5.41) is 3.08. The number of hydrogen-bond acceptors (Lipinski definition) is 5. The molecule has 130 valence electrons. The van der Waals surface area contributed by atoms with E-state index in [4.69, 9.17) is 4.74 Å². The van der Waals surface area contributed by atoms with E-state index in [0.717, 1.165) is 28.4 Å². The van der Waals surface area contributed by atoms with Gasteiger partial charge in [0.05, 0.1) is 5.92 Å². The molecular formula is C20H16N2O3S. The van der Waals surface area contributed by atoms with Gasteiger partial charge in [0.15, 0.2) is 0 Å². The fraction of sp³-hybridized carbons (Fsp3) is 0.300. The van der Waals surface area contributed by atoms with Crippen LogP contribution in [-0.2, 0) is 15.1 Å². The van der Waals surface area contributed by atoms with Crippen LogP contribution in [0.4, 0.5) is 5.69 Å². The van der Waals surface area contributed by atoms with Crippen LogP contribution in [0.25, 0.3) is 0 Å². The number of thioether (sulfide) groups is 1. The average molecular weight is 364 g/mol. The molecule has 2 fully saturated rings. The molecule has 6 rings (SSSR count). The van der Waals surface area contributed by atoms with Crippen LogP contribution < -0.4 is 10.1 Å². The van der Waals surface area contributed by atoms with E-state index < -0.39 is 5.54 Å². The van der Waals surface area contributed by atoms with Crippen LogP contribution in [0.1, 0.15) is 17.0 Å². The Morgan fingerprint density at radius 1 is 1.12 bits per heavy atom. The number of carbonyl (C=O) groups is 2. The minimum atomic E-state index is -0.842. The minimum absolute atomic E-state index is 0.0164. The predicted molar refractivity (Wildman–Crippen MR) is 98.0 cm³/mol. The van der Waals surface area contributed by atoms with Gasteiger partial charge in [0.1, 0.15) is 11.3 Å². The molecular weight excluding hydrogens is 348 g/mol. The monoisotopic (exact) mass is 364 g/mol. The lowest BCUT2D eigenvalue weighted by molar-refractivity contribution is -0.141. The first-order chi connectivity index (χ1) is 12.7. The van der Waals surface area contributed by atoms with Gasteiger partial charge in [-0.3, -0.25) is 14.5 Å². The Kier molecular flexibility index (Phi) is 2.79. The number of nitrogens with zero attached hydrogens (tertiary/aromatic N) is 1. The van der Waals surface area contributed by atoms with Gasteiger partial charge in [0, 0.05) is 40.4 Å². The number of anilines is 1. The van der Waals surface area contributed by atoms with Crippen LogP contribution in [0, 0.1) is 5.92 Å². The summed E-state index contributed by atoms with van der Waals surface area (Å²) in [6.45, 7) is 0. The van der Waals surface area contributed by atoms with Crippen molar-refractivity contribution in [1.82, 2.24) is 4.90 Å². The highest BCUT2D eigenvalue weighted by molar-refractivity contribution is 7.99. The van der Waals surface area contributed by atoms with Crippen LogP contribution in [0.15, 0.2) is 48.5 Å². The lowest BCUT2D eigenvalue weighted by Gasteiger charge is -2.38. The van der Waals surface area contributed by atoms with Gasteiger partial charge in [-0.2, -0.15) is 0 Å². The maximum atomic E-state index is 13.5. The van der Waals surface area contributed by atoms with Gasteiger partial charge in [-0.25, -0.2) is 0 Å². The number of esters is 1. The number of rotatable bonds is 0. The Balaban J connectivity index is 1.69. The molecule has 6 heteroatoms. The maximum Gasteiger partial charge on any atom is 0.316 e. The molecule has 0 bridgehead atoms. The normalized spacial score (nSPS) is 34.1. The predicted octanol–water partition coefficient (Wildman–Crippen LogP) is 2.54. The molecule has 0 aromatic heterocycles. The van der Waals surface area contributed by atoms with E-state index in [1.165, 1.54) is 0 Å². The molecule has 1 spiro atoms. The molecule has 4 atom stereocenters. The molecule has 1 N–H and O–H groups in total. The Hall–Kier alpha value is -2.31. The summed E-state index contributed by atoms with van der Waals surface area (Å²) >= 11 is 1.78. The molecule has 4 aliphatic heterocycles. The quantitative estimate of drug-likeness (QED) is 0.575. The molecule has 5 nitrogen and oxygen atoms in total. The first-order valence-corrected chi connectivity index (χ1v) is 9.94. The van der Waals surface area contributed by atoms with E-state index in [9.17, 15) is 9.59 Å². The minimum Gasteiger partial charge on any atom is -0.426 e. The molecule has 0 saturated carbocycles. The lowest BCUT2D eigenvalue weighted by Crippen LogP contribution is -2.50. The largest absolute Gasteiger partial charge is 0.426 e. The van der Waals surface area contributed by atoms with E-state index in [1.807, 2.05) is 48.5 Å². The van der Waals surface area contributed by atoms with Crippen LogP contribution >= 0.6 is 11.8 Å². The lowest BCUT2D eigenvalue weighted by atomic mass is 9.70. The number of ether oxygens (including phenoxy) is 1. The zero-order valence-corrected chi connectivity index (χ0v) is 14.7. The molecule has 2 aromatic rings. The number of amides is 1. The highest BCUT2D eigenvalue weighted by Crippen LogP contribution is 2.63. The molecule has 4 heterocycles. The van der Waals surface area contributed by atoms with Crippen LogP contribution in [0.5, 0.6) is 5.75 Å². The van der Waals surface area contributed by atoms with Gasteiger partial charge >= 0.3 is 5.97 Å². The van der Waals surface area contributed by atoms with Gasteiger partial charge in [0.25, 0.3) is 0 Å². The fourth-order valence-corrected chi connectivity index (χ4v) is 6.68. The fourth-order valence-electron chi connectivity index (χ4n) is 5.36. The second-order valence-corrected chi connectivity index (χ2v) is 8.27. The van der Waals surface area contributed by atoms with Crippen molar-refractivity contribution in [2.45, 2.75) is 17.5 Å². The van der Waals surface area contributed by atoms with Gasteiger partial charge in [-0.05, 0) is 12.1 Å². The Morgan fingerprint density at radius 2 is 1.92 bits per heavy atom. The van der Waals surface area contributed by atoms with Crippen molar-refractivity contribution >= 4 is 29.3 Å². The standard InChI is InChI=1S/C20H16N2O3S/c23-18-16-14-9-26-10-22(14)20(12-6-2-3-7-13(12)21-19(20)24)17(16)11-5-1-4-8-15(11)25-18/h1-8,14,16-17H,9-10H2,(H,21,24)/t14-,16-,17-,20+/m0/s1. The van der Waals surface area contributed by atoms with Crippen LogP contribution in [0.2, 0.25) is 0 Å². The summed E-state index contributed by atoms with van der Waals surface area (Å²) < 4.78 is 5.67. The topological polar surface area (TPSA) is 58.6 Å². The molecule has 0 radical (unpaired) electrons. The average Bonchev–Trinajstić information content (AvgIpc) is 3.30. The van der Waals surface area contributed by atoms with Crippen molar-refractivity contribution in [2.75, 3.05) is 16.9 Å². The number of benzene rings is 2. The van der Waals surface area contributed by atoms with E-state index in [2.05, 4.69) is 10.2 Å². The zero-order valence-electron chi connectivity index (χ0n) is 13.8. The second-order valence-electron chi connectivity index (χ2n) is 7.27. The summed E-state index contributed by atoms with van der Waals surface area (Å²) in [5.74, 6) is 1.39. The molecule has 1 amide bonds. The number of fused-ring (bicyclic) bond motifs is 9. The number of para-hydroxylation sites is 2. The third-order valence-electron chi connectivity index (χ3n) is 6.26. The van der Waals surface area contributed by atoms with Crippen LogP contribution in [0.3, 0.4) is 0 Å². The number of nitrogens with one attached hydrogen (secondary N) is 1. The summed E-state index contributed by atoms with van der Waals surface area (Å²) in [6, 6.07) is 15.6. The molecule has 0 aliphatic carbocycles. The van der Waals surface area contributed by atoms with Crippen LogP contribution in [-0.4, -0.2) is 34.4 Å². The van der Waals surface area contributed by atoms with E-state index in [-0.39, 0.29) is 29.8 Å². The van der Waals surface area contributed by atoms with E-state index >= 15 is 0 Å². The van der Waals surface area contributed by atoms with E-state index in [1.54, 1.807) is 11.8 Å². The van der Waals surface area contributed by atoms with Gasteiger partial charge < -0.3 is 10.1 Å². The molecule has 26 heavy (non-hydrogen) atoms. The van der Waals surface area contributed by atoms with Crippen molar-refractivity contribution in [3.05, 3.63) is 59.7 Å². The highest BCUT2D eigenvalue weighted by Gasteiger charge is 2.70. The first-order valence-electron chi connectivity index (χ1n) is 8.79. The Bertz CT molecular complexity index is 977. The number of carbonyl (C=O) groups excluding carboxylic acids is 2. The van der Waals surface area contributed by atoms with Gasteiger partial charge in [0.2, 0.25) is 5.91 Å². The first kappa shape index (κ1) is 14.8.